The first-order chi connectivity index (χ1) is 6.39. The van der Waals surface area contributed by atoms with Gasteiger partial charge in [0.2, 0.25) is 0 Å². The Balaban J connectivity index is 4.04. The van der Waals surface area contributed by atoms with Gasteiger partial charge < -0.3 is 10.1 Å². The lowest BCUT2D eigenvalue weighted by atomic mass is 10.2. The van der Waals surface area contributed by atoms with Crippen molar-refractivity contribution in [2.24, 2.45) is 0 Å². The lowest BCUT2D eigenvalue weighted by Crippen LogP contribution is -2.37. The fourth-order valence-electron chi connectivity index (χ4n) is 0.977. The second-order valence-electron chi connectivity index (χ2n) is 4.19. The van der Waals surface area contributed by atoms with Crippen molar-refractivity contribution >= 4 is 6.09 Å². The van der Waals surface area contributed by atoms with Gasteiger partial charge in [-0.3, -0.25) is 0 Å². The number of allylic oxidation sites excluding steroid dienone is 1. The third-order valence-corrected chi connectivity index (χ3v) is 1.57. The van der Waals surface area contributed by atoms with Gasteiger partial charge in [0.15, 0.2) is 0 Å². The Bertz CT molecular complexity index is 204. The fraction of sp³-hybridized carbons (Fsp3) is 0.727. The SMILES string of the molecule is C/C=C\[C@H](CC)NC(=O)OC(C)(C)C. The molecule has 1 amide bonds. The van der Waals surface area contributed by atoms with E-state index in [0.717, 1.165) is 6.42 Å². The van der Waals surface area contributed by atoms with E-state index in [1.165, 1.54) is 0 Å². The Morgan fingerprint density at radius 1 is 1.50 bits per heavy atom. The number of carbonyl (C=O) groups is 1. The summed E-state index contributed by atoms with van der Waals surface area (Å²) in [6, 6.07) is 0.0647. The Labute approximate surface area is 86.5 Å². The molecule has 0 fully saturated rings. The normalized spacial score (nSPS) is 14.1. The molecule has 0 aromatic carbocycles. The largest absolute Gasteiger partial charge is 0.444 e. The molecule has 0 aromatic rings. The molecule has 0 bridgehead atoms. The van der Waals surface area contributed by atoms with Gasteiger partial charge in [-0.1, -0.05) is 19.1 Å². The van der Waals surface area contributed by atoms with Gasteiger partial charge in [-0.2, -0.15) is 0 Å². The van der Waals surface area contributed by atoms with Gasteiger partial charge in [-0.05, 0) is 34.1 Å². The van der Waals surface area contributed by atoms with E-state index in [9.17, 15) is 4.79 Å². The van der Waals surface area contributed by atoms with Crippen molar-refractivity contribution in [3.63, 3.8) is 0 Å². The van der Waals surface area contributed by atoms with Gasteiger partial charge in [-0.25, -0.2) is 4.79 Å². The first kappa shape index (κ1) is 13.0. The van der Waals surface area contributed by atoms with Crippen molar-refractivity contribution in [2.75, 3.05) is 0 Å². The predicted molar refractivity (Wildman–Crippen MR) is 58.3 cm³/mol. The van der Waals surface area contributed by atoms with Gasteiger partial charge in [0.1, 0.15) is 5.60 Å². The molecule has 0 spiro atoms. The zero-order chi connectivity index (χ0) is 11.2. The summed E-state index contributed by atoms with van der Waals surface area (Å²) in [6.07, 6.45) is 4.38. The van der Waals surface area contributed by atoms with Gasteiger partial charge in [0.25, 0.3) is 0 Å². The average molecular weight is 199 g/mol. The lowest BCUT2D eigenvalue weighted by molar-refractivity contribution is 0.0513. The minimum absolute atomic E-state index is 0.0647. The van der Waals surface area contributed by atoms with Crippen molar-refractivity contribution in [1.82, 2.24) is 5.32 Å². The van der Waals surface area contributed by atoms with Crippen LogP contribution in [0.3, 0.4) is 0 Å². The van der Waals surface area contributed by atoms with E-state index in [0.29, 0.717) is 0 Å². The van der Waals surface area contributed by atoms with Gasteiger partial charge in [0, 0.05) is 0 Å². The number of rotatable bonds is 3. The Morgan fingerprint density at radius 3 is 2.43 bits per heavy atom. The van der Waals surface area contributed by atoms with E-state index < -0.39 is 5.60 Å². The van der Waals surface area contributed by atoms with Crippen molar-refractivity contribution < 1.29 is 9.53 Å². The van der Waals surface area contributed by atoms with E-state index in [1.807, 2.05) is 46.8 Å². The molecule has 0 rings (SSSR count). The van der Waals surface area contributed by atoms with Gasteiger partial charge >= 0.3 is 6.09 Å². The minimum Gasteiger partial charge on any atom is -0.444 e. The van der Waals surface area contributed by atoms with Crippen LogP contribution in [0.25, 0.3) is 0 Å². The fourth-order valence-corrected chi connectivity index (χ4v) is 0.977. The quantitative estimate of drug-likeness (QED) is 0.710. The van der Waals surface area contributed by atoms with Crippen LogP contribution in [0, 0.1) is 0 Å². The standard InChI is InChI=1S/C11H21NO2/c1-6-8-9(7-2)12-10(13)14-11(3,4)5/h6,8-9H,7H2,1-5H3,(H,12,13)/b8-6-/t9-/m0/s1. The summed E-state index contributed by atoms with van der Waals surface area (Å²) in [5, 5.41) is 2.78. The highest BCUT2D eigenvalue weighted by molar-refractivity contribution is 5.68. The summed E-state index contributed by atoms with van der Waals surface area (Å²) in [5.41, 5.74) is -0.432. The molecule has 0 heterocycles. The van der Waals surface area contributed by atoms with Crippen LogP contribution < -0.4 is 5.32 Å². The van der Waals surface area contributed by atoms with Crippen LogP contribution in [0.5, 0.6) is 0 Å². The lowest BCUT2D eigenvalue weighted by Gasteiger charge is -2.21. The maximum Gasteiger partial charge on any atom is 0.408 e. The molecule has 1 N–H and O–H groups in total. The molecule has 0 aliphatic carbocycles. The smallest absolute Gasteiger partial charge is 0.408 e. The molecular weight excluding hydrogens is 178 g/mol. The predicted octanol–water partition coefficient (Wildman–Crippen LogP) is 2.87. The van der Waals surface area contributed by atoms with Crippen LogP contribution in [-0.4, -0.2) is 17.7 Å². The molecule has 0 saturated heterocycles. The topological polar surface area (TPSA) is 38.3 Å². The molecule has 0 unspecified atom stereocenters. The van der Waals surface area contributed by atoms with Gasteiger partial charge in [0.05, 0.1) is 6.04 Å². The third-order valence-electron chi connectivity index (χ3n) is 1.57. The number of carbonyl (C=O) groups excluding carboxylic acids is 1. The highest BCUT2D eigenvalue weighted by atomic mass is 16.6. The second kappa shape index (κ2) is 5.68. The number of hydrogen-bond donors (Lipinski definition) is 1. The summed E-state index contributed by atoms with van der Waals surface area (Å²) in [6.45, 7) is 9.50. The number of hydrogen-bond acceptors (Lipinski definition) is 2. The summed E-state index contributed by atoms with van der Waals surface area (Å²) >= 11 is 0. The Kier molecular flexibility index (Phi) is 5.28. The number of alkyl carbamates (subject to hydrolysis) is 1. The second-order valence-corrected chi connectivity index (χ2v) is 4.19. The molecule has 1 atom stereocenters. The molecule has 0 saturated carbocycles. The molecule has 14 heavy (non-hydrogen) atoms. The number of nitrogens with one attached hydrogen (secondary N) is 1. The molecule has 0 aliphatic heterocycles. The van der Waals surface area contributed by atoms with E-state index >= 15 is 0 Å². The first-order valence-corrected chi connectivity index (χ1v) is 5.01. The average Bonchev–Trinajstić information content (AvgIpc) is 2.00. The number of amides is 1. The van der Waals surface area contributed by atoms with Crippen molar-refractivity contribution in [3.05, 3.63) is 12.2 Å². The van der Waals surface area contributed by atoms with Crippen LogP contribution in [-0.2, 0) is 4.74 Å². The molecule has 82 valence electrons. The maximum absolute atomic E-state index is 11.3. The summed E-state index contributed by atoms with van der Waals surface area (Å²) in [7, 11) is 0. The van der Waals surface area contributed by atoms with E-state index in [2.05, 4.69) is 5.32 Å². The van der Waals surface area contributed by atoms with Gasteiger partial charge in [-0.15, -0.1) is 0 Å². The molecule has 3 nitrogen and oxygen atoms in total. The van der Waals surface area contributed by atoms with Crippen molar-refractivity contribution in [2.45, 2.75) is 52.7 Å². The van der Waals surface area contributed by atoms with Crippen LogP contribution in [0.15, 0.2) is 12.2 Å². The molecule has 3 heteroatoms. The van der Waals surface area contributed by atoms with Crippen LogP contribution in [0.2, 0.25) is 0 Å². The molecule has 0 radical (unpaired) electrons. The molecular formula is C11H21NO2. The third kappa shape index (κ3) is 6.52. The minimum atomic E-state index is -0.432. The molecule has 0 aromatic heterocycles. The summed E-state index contributed by atoms with van der Waals surface area (Å²) in [4.78, 5) is 11.3. The summed E-state index contributed by atoms with van der Waals surface area (Å²) in [5.74, 6) is 0. The Hall–Kier alpha value is -0.990. The maximum atomic E-state index is 11.3. The highest BCUT2D eigenvalue weighted by Crippen LogP contribution is 2.07. The molecule has 0 aliphatic rings. The zero-order valence-electron chi connectivity index (χ0n) is 9.76. The van der Waals surface area contributed by atoms with Crippen LogP contribution >= 0.6 is 0 Å². The highest BCUT2D eigenvalue weighted by Gasteiger charge is 2.17. The van der Waals surface area contributed by atoms with E-state index in [4.69, 9.17) is 4.74 Å². The van der Waals surface area contributed by atoms with E-state index in [1.54, 1.807) is 0 Å². The van der Waals surface area contributed by atoms with E-state index in [-0.39, 0.29) is 12.1 Å². The van der Waals surface area contributed by atoms with Crippen molar-refractivity contribution in [1.29, 1.82) is 0 Å². The number of ether oxygens (including phenoxy) is 1. The summed E-state index contributed by atoms with van der Waals surface area (Å²) < 4.78 is 5.13. The Morgan fingerprint density at radius 2 is 2.07 bits per heavy atom. The van der Waals surface area contributed by atoms with Crippen molar-refractivity contribution in [3.8, 4) is 0 Å². The van der Waals surface area contributed by atoms with Crippen LogP contribution in [0.4, 0.5) is 4.79 Å². The van der Waals surface area contributed by atoms with Crippen LogP contribution in [0.1, 0.15) is 41.0 Å². The zero-order valence-corrected chi connectivity index (χ0v) is 9.76. The monoisotopic (exact) mass is 199 g/mol. The first-order valence-electron chi connectivity index (χ1n) is 5.01.